The quantitative estimate of drug-likeness (QED) is 0.411. The second kappa shape index (κ2) is 8.36. The monoisotopic (exact) mass is 410 g/mol. The first-order chi connectivity index (χ1) is 14.2. The summed E-state index contributed by atoms with van der Waals surface area (Å²) >= 11 is 1.33. The highest BCUT2D eigenvalue weighted by molar-refractivity contribution is 7.98. The van der Waals surface area contributed by atoms with Gasteiger partial charge in [-0.15, -0.1) is 10.2 Å². The minimum Gasteiger partial charge on any atom is -0.497 e. The summed E-state index contributed by atoms with van der Waals surface area (Å²) in [5.41, 5.74) is 2.70. The maximum atomic E-state index is 5.74. The van der Waals surface area contributed by atoms with Gasteiger partial charge in [-0.05, 0) is 30.7 Å². The lowest BCUT2D eigenvalue weighted by Gasteiger charge is -2.07. The average Bonchev–Trinajstić information content (AvgIpc) is 3.41. The van der Waals surface area contributed by atoms with Crippen LogP contribution in [0.25, 0.3) is 22.8 Å². The highest BCUT2D eigenvalue weighted by atomic mass is 32.2. The van der Waals surface area contributed by atoms with Crippen molar-refractivity contribution in [3.05, 3.63) is 53.9 Å². The van der Waals surface area contributed by atoms with Crippen molar-refractivity contribution in [2.75, 3.05) is 14.2 Å². The Morgan fingerprint density at radius 2 is 1.86 bits per heavy atom. The van der Waals surface area contributed by atoms with Crippen LogP contribution in [0.3, 0.4) is 0 Å². The van der Waals surface area contributed by atoms with Gasteiger partial charge in [-0.1, -0.05) is 35.1 Å². The predicted molar refractivity (Wildman–Crippen MR) is 107 cm³/mol. The number of ether oxygens (including phenoxy) is 2. The van der Waals surface area contributed by atoms with E-state index in [1.54, 1.807) is 20.3 Å². The van der Waals surface area contributed by atoms with E-state index >= 15 is 0 Å². The first-order valence-electron chi connectivity index (χ1n) is 8.75. The largest absolute Gasteiger partial charge is 0.497 e. The van der Waals surface area contributed by atoms with Gasteiger partial charge in [-0.25, -0.2) is 0 Å². The minimum absolute atomic E-state index is 0.404. The van der Waals surface area contributed by atoms with Crippen LogP contribution in [0, 0.1) is 6.92 Å². The number of benzene rings is 2. The smallest absolute Gasteiger partial charge is 0.277 e. The molecule has 0 bridgehead atoms. The molecule has 0 unspecified atom stereocenters. The van der Waals surface area contributed by atoms with Crippen molar-refractivity contribution in [1.29, 1.82) is 0 Å². The lowest BCUT2D eigenvalue weighted by Crippen LogP contribution is -1.91. The molecular weight excluding hydrogens is 392 g/mol. The van der Waals surface area contributed by atoms with Crippen LogP contribution in [0.15, 0.2) is 56.6 Å². The maximum absolute atomic E-state index is 5.74. The Bertz CT molecular complexity index is 1130. The lowest BCUT2D eigenvalue weighted by molar-refractivity contribution is 0.387. The molecular formula is C20H18N4O4S. The Hall–Kier alpha value is -3.33. The van der Waals surface area contributed by atoms with Crippen LogP contribution in [-0.2, 0) is 5.75 Å². The van der Waals surface area contributed by atoms with Crippen LogP contribution in [0.1, 0.15) is 11.5 Å². The van der Waals surface area contributed by atoms with Crippen molar-refractivity contribution in [2.24, 2.45) is 0 Å². The number of aryl methyl sites for hydroxylation is 1. The normalized spacial score (nSPS) is 10.9. The molecule has 0 aliphatic heterocycles. The van der Waals surface area contributed by atoms with Crippen molar-refractivity contribution in [1.82, 2.24) is 20.3 Å². The van der Waals surface area contributed by atoms with Crippen LogP contribution in [-0.4, -0.2) is 34.6 Å². The molecule has 148 valence electrons. The zero-order chi connectivity index (χ0) is 20.2. The summed E-state index contributed by atoms with van der Waals surface area (Å²) in [6.45, 7) is 2.00. The Balaban J connectivity index is 1.46. The number of methoxy groups -OCH3 is 2. The zero-order valence-corrected chi connectivity index (χ0v) is 16.9. The predicted octanol–water partition coefficient (Wildman–Crippen LogP) is 4.40. The van der Waals surface area contributed by atoms with Crippen LogP contribution in [0.5, 0.6) is 11.5 Å². The van der Waals surface area contributed by atoms with E-state index in [0.717, 1.165) is 11.1 Å². The van der Waals surface area contributed by atoms with Crippen molar-refractivity contribution >= 4 is 11.8 Å². The van der Waals surface area contributed by atoms with Gasteiger partial charge in [-0.3, -0.25) is 0 Å². The Morgan fingerprint density at radius 1 is 1.00 bits per heavy atom. The first kappa shape index (κ1) is 19.0. The van der Waals surface area contributed by atoms with Gasteiger partial charge in [0.2, 0.25) is 17.6 Å². The number of rotatable bonds is 7. The highest BCUT2D eigenvalue weighted by Gasteiger charge is 2.16. The summed E-state index contributed by atoms with van der Waals surface area (Å²) in [6, 6.07) is 13.3. The minimum atomic E-state index is 0.404. The number of nitrogens with zero attached hydrogens (tertiary/aromatic N) is 4. The molecule has 2 heterocycles. The second-order valence-electron chi connectivity index (χ2n) is 6.05. The summed E-state index contributed by atoms with van der Waals surface area (Å²) in [7, 11) is 3.18. The van der Waals surface area contributed by atoms with Crippen LogP contribution < -0.4 is 9.47 Å². The molecule has 2 aromatic carbocycles. The van der Waals surface area contributed by atoms with Gasteiger partial charge in [0.1, 0.15) is 11.5 Å². The molecule has 29 heavy (non-hydrogen) atoms. The maximum Gasteiger partial charge on any atom is 0.277 e. The molecule has 0 amide bonds. The van der Waals surface area contributed by atoms with Gasteiger partial charge in [-0.2, -0.15) is 4.98 Å². The van der Waals surface area contributed by atoms with Crippen molar-refractivity contribution in [2.45, 2.75) is 17.9 Å². The molecule has 0 fully saturated rings. The van der Waals surface area contributed by atoms with E-state index in [0.29, 0.717) is 45.6 Å². The van der Waals surface area contributed by atoms with E-state index in [4.69, 9.17) is 18.4 Å². The number of hydrogen-bond donors (Lipinski definition) is 0. The number of thioether (sulfide) groups is 1. The fourth-order valence-electron chi connectivity index (χ4n) is 2.72. The zero-order valence-electron chi connectivity index (χ0n) is 16.1. The molecule has 0 atom stereocenters. The van der Waals surface area contributed by atoms with Gasteiger partial charge in [0, 0.05) is 11.6 Å². The lowest BCUT2D eigenvalue weighted by atomic mass is 10.1. The third kappa shape index (κ3) is 4.09. The van der Waals surface area contributed by atoms with E-state index in [2.05, 4.69) is 20.3 Å². The van der Waals surface area contributed by atoms with Crippen LogP contribution in [0.2, 0.25) is 0 Å². The molecule has 4 aromatic rings. The summed E-state index contributed by atoms with van der Waals surface area (Å²) in [4.78, 5) is 4.43. The Morgan fingerprint density at radius 3 is 2.66 bits per heavy atom. The van der Waals surface area contributed by atoms with E-state index in [-0.39, 0.29) is 0 Å². The standard InChI is InChI=1S/C20H18N4O4S/c1-12-6-4-5-7-14(12)19-22-23-20(27-19)29-11-17-21-18(24-28-17)15-9-8-13(25-2)10-16(15)26-3/h4-10H,11H2,1-3H3. The molecule has 0 spiro atoms. The fraction of sp³-hybridized carbons (Fsp3) is 0.200. The third-order valence-electron chi connectivity index (χ3n) is 4.22. The summed E-state index contributed by atoms with van der Waals surface area (Å²) < 4.78 is 21.7. The van der Waals surface area contributed by atoms with Crippen molar-refractivity contribution in [3.63, 3.8) is 0 Å². The van der Waals surface area contributed by atoms with Gasteiger partial charge < -0.3 is 18.4 Å². The topological polar surface area (TPSA) is 96.3 Å². The van der Waals surface area contributed by atoms with Gasteiger partial charge >= 0.3 is 0 Å². The Kier molecular flexibility index (Phi) is 5.48. The molecule has 8 nitrogen and oxygen atoms in total. The first-order valence-corrected chi connectivity index (χ1v) is 9.74. The number of hydrogen-bond acceptors (Lipinski definition) is 9. The second-order valence-corrected chi connectivity index (χ2v) is 6.98. The third-order valence-corrected chi connectivity index (χ3v) is 5.02. The summed E-state index contributed by atoms with van der Waals surface area (Å²) in [5.74, 6) is 3.06. The molecule has 4 rings (SSSR count). The van der Waals surface area contributed by atoms with Crippen molar-refractivity contribution in [3.8, 4) is 34.3 Å². The van der Waals surface area contributed by atoms with Gasteiger partial charge in [0.15, 0.2) is 0 Å². The van der Waals surface area contributed by atoms with Gasteiger partial charge in [0.05, 0.1) is 25.5 Å². The van der Waals surface area contributed by atoms with Gasteiger partial charge in [0.25, 0.3) is 5.22 Å². The Labute approximate surface area is 171 Å². The average molecular weight is 410 g/mol. The molecule has 2 aromatic heterocycles. The molecule has 0 saturated heterocycles. The van der Waals surface area contributed by atoms with E-state index in [9.17, 15) is 0 Å². The highest BCUT2D eigenvalue weighted by Crippen LogP contribution is 2.32. The molecule has 0 radical (unpaired) electrons. The molecule has 0 saturated carbocycles. The number of aromatic nitrogens is 4. The van der Waals surface area contributed by atoms with Crippen LogP contribution >= 0.6 is 11.8 Å². The molecule has 0 aliphatic carbocycles. The van der Waals surface area contributed by atoms with Crippen LogP contribution in [0.4, 0.5) is 0 Å². The summed E-state index contributed by atoms with van der Waals surface area (Å²) in [6.07, 6.45) is 0. The van der Waals surface area contributed by atoms with Crippen molar-refractivity contribution < 1.29 is 18.4 Å². The SMILES string of the molecule is COc1ccc(-c2noc(CSc3nnc(-c4ccccc4C)o3)n2)c(OC)c1. The molecule has 9 heteroatoms. The fourth-order valence-corrected chi connectivity index (χ4v) is 3.32. The van der Waals surface area contributed by atoms with E-state index in [1.165, 1.54) is 11.8 Å². The summed E-state index contributed by atoms with van der Waals surface area (Å²) in [5, 5.41) is 12.7. The van der Waals surface area contributed by atoms with E-state index < -0.39 is 0 Å². The molecule has 0 N–H and O–H groups in total. The molecule has 0 aliphatic rings. The van der Waals surface area contributed by atoms with E-state index in [1.807, 2.05) is 43.3 Å².